The van der Waals surface area contributed by atoms with Gasteiger partial charge in [-0.25, -0.2) is 0 Å². The van der Waals surface area contributed by atoms with Crippen molar-refractivity contribution in [2.24, 2.45) is 13.0 Å². The molecule has 0 aliphatic rings. The first-order valence-electron chi connectivity index (χ1n) is 8.29. The van der Waals surface area contributed by atoms with Crippen molar-refractivity contribution in [2.75, 3.05) is 7.05 Å². The summed E-state index contributed by atoms with van der Waals surface area (Å²) in [5.41, 5.74) is 2.45. The van der Waals surface area contributed by atoms with Crippen molar-refractivity contribution in [1.29, 1.82) is 0 Å². The minimum absolute atomic E-state index is 0.517. The Labute approximate surface area is 128 Å². The number of fused-ring (bicyclic) bond motifs is 1. The first-order valence-corrected chi connectivity index (χ1v) is 8.29. The lowest BCUT2D eigenvalue weighted by molar-refractivity contribution is 0.321. The van der Waals surface area contributed by atoms with Crippen molar-refractivity contribution in [1.82, 2.24) is 15.1 Å². The third-order valence-electron chi connectivity index (χ3n) is 4.51. The number of hydrogen-bond donors (Lipinski definition) is 1. The Hall–Kier alpha value is -1.35. The molecule has 1 atom stereocenters. The molecule has 21 heavy (non-hydrogen) atoms. The van der Waals surface area contributed by atoms with Gasteiger partial charge >= 0.3 is 0 Å². The van der Waals surface area contributed by atoms with Crippen molar-refractivity contribution in [3.63, 3.8) is 0 Å². The Kier molecular flexibility index (Phi) is 5.80. The van der Waals surface area contributed by atoms with Crippen LogP contribution in [-0.2, 0) is 13.5 Å². The Morgan fingerprint density at radius 1 is 1.14 bits per heavy atom. The summed E-state index contributed by atoms with van der Waals surface area (Å²) in [5, 5.41) is 9.60. The number of nitrogens with one attached hydrogen (secondary N) is 1. The second kappa shape index (κ2) is 7.60. The SMILES string of the molecule is CCCC(CCC)C(Cc1nn(C)c2ccccc12)NC. The van der Waals surface area contributed by atoms with Crippen LogP contribution in [0.25, 0.3) is 10.9 Å². The number of hydrogen-bond acceptors (Lipinski definition) is 2. The summed E-state index contributed by atoms with van der Waals surface area (Å²) in [6.45, 7) is 4.57. The van der Waals surface area contributed by atoms with Crippen molar-refractivity contribution >= 4 is 10.9 Å². The smallest absolute Gasteiger partial charge is 0.0718 e. The van der Waals surface area contributed by atoms with E-state index in [-0.39, 0.29) is 0 Å². The highest BCUT2D eigenvalue weighted by Crippen LogP contribution is 2.24. The topological polar surface area (TPSA) is 29.9 Å². The molecular weight excluding hydrogens is 258 g/mol. The van der Waals surface area contributed by atoms with Crippen LogP contribution in [0, 0.1) is 5.92 Å². The molecule has 3 nitrogen and oxygen atoms in total. The maximum absolute atomic E-state index is 4.76. The number of likely N-dealkylation sites (N-methyl/N-ethyl adjacent to an activating group) is 1. The van der Waals surface area contributed by atoms with E-state index in [9.17, 15) is 0 Å². The molecule has 0 saturated heterocycles. The summed E-state index contributed by atoms with van der Waals surface area (Å²) in [4.78, 5) is 0. The van der Waals surface area contributed by atoms with Gasteiger partial charge in [-0.1, -0.05) is 44.9 Å². The van der Waals surface area contributed by atoms with E-state index in [0.29, 0.717) is 6.04 Å². The molecular formula is C18H29N3. The molecule has 0 amide bonds. The standard InChI is InChI=1S/C18H29N3/c1-5-9-14(10-6-2)16(19-3)13-17-15-11-7-8-12-18(15)21(4)20-17/h7-8,11-12,14,16,19H,5-6,9-10,13H2,1-4H3. The third-order valence-corrected chi connectivity index (χ3v) is 4.51. The summed E-state index contributed by atoms with van der Waals surface area (Å²) >= 11 is 0. The van der Waals surface area contributed by atoms with Gasteiger partial charge in [0.05, 0.1) is 11.2 Å². The first-order chi connectivity index (χ1) is 10.2. The lowest BCUT2D eigenvalue weighted by Crippen LogP contribution is -2.35. The van der Waals surface area contributed by atoms with Gasteiger partial charge in [0.2, 0.25) is 0 Å². The molecule has 1 aromatic carbocycles. The monoisotopic (exact) mass is 287 g/mol. The van der Waals surface area contributed by atoms with Crippen molar-refractivity contribution in [2.45, 2.75) is 52.0 Å². The number of para-hydroxylation sites is 1. The van der Waals surface area contributed by atoms with Crippen molar-refractivity contribution in [3.8, 4) is 0 Å². The number of aromatic nitrogens is 2. The quantitative estimate of drug-likeness (QED) is 0.797. The normalized spacial score (nSPS) is 13.2. The lowest BCUT2D eigenvalue weighted by atomic mass is 9.87. The van der Waals surface area contributed by atoms with E-state index in [4.69, 9.17) is 5.10 Å². The number of aryl methyl sites for hydroxylation is 1. The summed E-state index contributed by atoms with van der Waals surface area (Å²) in [6.07, 6.45) is 6.12. The highest BCUT2D eigenvalue weighted by atomic mass is 15.3. The molecule has 1 N–H and O–H groups in total. The maximum Gasteiger partial charge on any atom is 0.0718 e. The van der Waals surface area contributed by atoms with Gasteiger partial charge in [-0.3, -0.25) is 4.68 Å². The van der Waals surface area contributed by atoms with Gasteiger partial charge in [0.1, 0.15) is 0 Å². The average Bonchev–Trinajstić information content (AvgIpc) is 2.81. The maximum atomic E-state index is 4.76. The summed E-state index contributed by atoms with van der Waals surface area (Å²) < 4.78 is 2.01. The molecule has 0 saturated carbocycles. The van der Waals surface area contributed by atoms with Crippen molar-refractivity contribution < 1.29 is 0 Å². The van der Waals surface area contributed by atoms with E-state index < -0.39 is 0 Å². The molecule has 0 bridgehead atoms. The number of benzene rings is 1. The molecule has 0 fully saturated rings. The van der Waals surface area contributed by atoms with Gasteiger partial charge in [0.25, 0.3) is 0 Å². The fourth-order valence-corrected chi connectivity index (χ4v) is 3.44. The summed E-state index contributed by atoms with van der Waals surface area (Å²) in [5.74, 6) is 0.741. The zero-order chi connectivity index (χ0) is 15.2. The van der Waals surface area contributed by atoms with Gasteiger partial charge < -0.3 is 5.32 Å². The summed E-state index contributed by atoms with van der Waals surface area (Å²) in [7, 11) is 4.13. The lowest BCUT2D eigenvalue weighted by Gasteiger charge is -2.26. The van der Waals surface area contributed by atoms with E-state index in [1.54, 1.807) is 0 Å². The Bertz CT molecular complexity index is 553. The van der Waals surface area contributed by atoms with Crippen LogP contribution in [0.3, 0.4) is 0 Å². The molecule has 2 aromatic rings. The zero-order valence-corrected chi connectivity index (χ0v) is 13.9. The van der Waals surface area contributed by atoms with E-state index >= 15 is 0 Å². The van der Waals surface area contributed by atoms with Crippen LogP contribution < -0.4 is 5.32 Å². The van der Waals surface area contributed by atoms with E-state index in [2.05, 4.69) is 50.5 Å². The predicted molar refractivity (Wildman–Crippen MR) is 90.6 cm³/mol. The number of nitrogens with zero attached hydrogens (tertiary/aromatic N) is 2. The summed E-state index contributed by atoms with van der Waals surface area (Å²) in [6, 6.07) is 9.05. The Morgan fingerprint density at radius 2 is 1.81 bits per heavy atom. The zero-order valence-electron chi connectivity index (χ0n) is 13.9. The minimum Gasteiger partial charge on any atom is -0.316 e. The van der Waals surface area contributed by atoms with E-state index in [0.717, 1.165) is 12.3 Å². The van der Waals surface area contributed by atoms with E-state index in [1.165, 1.54) is 42.3 Å². The van der Waals surface area contributed by atoms with Gasteiger partial charge in [-0.05, 0) is 31.9 Å². The van der Waals surface area contributed by atoms with Gasteiger partial charge in [0.15, 0.2) is 0 Å². The van der Waals surface area contributed by atoms with Crippen LogP contribution in [0.1, 0.15) is 45.2 Å². The van der Waals surface area contributed by atoms with Crippen LogP contribution >= 0.6 is 0 Å². The molecule has 116 valence electrons. The highest BCUT2D eigenvalue weighted by Gasteiger charge is 2.21. The second-order valence-electron chi connectivity index (χ2n) is 6.02. The molecule has 2 rings (SSSR count). The van der Waals surface area contributed by atoms with Crippen LogP contribution in [-0.4, -0.2) is 22.9 Å². The largest absolute Gasteiger partial charge is 0.316 e. The Morgan fingerprint density at radius 3 is 2.43 bits per heavy atom. The second-order valence-corrected chi connectivity index (χ2v) is 6.02. The van der Waals surface area contributed by atoms with Crippen LogP contribution in [0.2, 0.25) is 0 Å². The third kappa shape index (κ3) is 3.65. The van der Waals surface area contributed by atoms with Gasteiger partial charge in [-0.2, -0.15) is 5.10 Å². The van der Waals surface area contributed by atoms with Crippen LogP contribution in [0.5, 0.6) is 0 Å². The van der Waals surface area contributed by atoms with E-state index in [1.807, 2.05) is 11.7 Å². The van der Waals surface area contributed by atoms with Crippen molar-refractivity contribution in [3.05, 3.63) is 30.0 Å². The molecule has 3 heteroatoms. The Balaban J connectivity index is 2.23. The molecule has 1 unspecified atom stereocenters. The fraction of sp³-hybridized carbons (Fsp3) is 0.611. The molecule has 0 aliphatic carbocycles. The molecule has 1 aromatic heterocycles. The molecule has 1 heterocycles. The van der Waals surface area contributed by atoms with Crippen LogP contribution in [0.4, 0.5) is 0 Å². The minimum atomic E-state index is 0.517. The molecule has 0 aliphatic heterocycles. The highest BCUT2D eigenvalue weighted by molar-refractivity contribution is 5.81. The fourth-order valence-electron chi connectivity index (χ4n) is 3.44. The molecule has 0 spiro atoms. The number of rotatable bonds is 8. The predicted octanol–water partition coefficient (Wildman–Crippen LogP) is 3.92. The average molecular weight is 287 g/mol. The van der Waals surface area contributed by atoms with Gasteiger partial charge in [-0.15, -0.1) is 0 Å². The molecule has 0 radical (unpaired) electrons. The first kappa shape index (κ1) is 16.0. The van der Waals surface area contributed by atoms with Gasteiger partial charge in [0, 0.05) is 24.9 Å². The van der Waals surface area contributed by atoms with Crippen LogP contribution in [0.15, 0.2) is 24.3 Å².